The fourth-order valence-corrected chi connectivity index (χ4v) is 3.44. The lowest BCUT2D eigenvalue weighted by Gasteiger charge is -2.13. The number of phenolic OH excluding ortho intramolecular Hbond substituents is 1. The van der Waals surface area contributed by atoms with E-state index in [1.807, 2.05) is 6.92 Å². The van der Waals surface area contributed by atoms with Gasteiger partial charge in [0.2, 0.25) is 0 Å². The van der Waals surface area contributed by atoms with Crippen LogP contribution in [-0.4, -0.2) is 28.2 Å². The molecule has 1 atom stereocenters. The van der Waals surface area contributed by atoms with Crippen LogP contribution < -0.4 is 0 Å². The average molecular weight is 383 g/mol. The Kier molecular flexibility index (Phi) is 5.49. The Morgan fingerprint density at radius 1 is 1.21 bits per heavy atom. The minimum atomic E-state index is -0.627. The Labute approximate surface area is 162 Å². The van der Waals surface area contributed by atoms with E-state index in [1.54, 1.807) is 19.9 Å². The van der Waals surface area contributed by atoms with E-state index in [0.717, 1.165) is 0 Å². The van der Waals surface area contributed by atoms with Gasteiger partial charge in [0.05, 0.1) is 18.0 Å². The second-order valence-electron chi connectivity index (χ2n) is 6.74. The monoisotopic (exact) mass is 383 g/mol. The average Bonchev–Trinajstić information content (AvgIpc) is 2.95. The van der Waals surface area contributed by atoms with E-state index < -0.39 is 23.6 Å². The number of hydrogen-bond donors (Lipinski definition) is 1. The van der Waals surface area contributed by atoms with Gasteiger partial charge in [0, 0.05) is 16.6 Å². The quantitative estimate of drug-likeness (QED) is 0.657. The molecule has 0 amide bonds. The third-order valence-corrected chi connectivity index (χ3v) is 4.75. The zero-order chi connectivity index (χ0) is 20.4. The number of fused-ring (bicyclic) bond motifs is 1. The van der Waals surface area contributed by atoms with Gasteiger partial charge in [-0.15, -0.1) is 0 Å². The SMILES string of the molecule is CCCOC(=O)C(C)c1c(C)n(C(=O)c2cccc(F)c2)c2ccc(O)cc12. The summed E-state index contributed by atoms with van der Waals surface area (Å²) in [5.41, 5.74) is 1.89. The topological polar surface area (TPSA) is 68.5 Å². The lowest BCUT2D eigenvalue weighted by Crippen LogP contribution is -2.17. The lowest BCUT2D eigenvalue weighted by molar-refractivity contribution is -0.145. The Morgan fingerprint density at radius 3 is 2.64 bits per heavy atom. The molecule has 0 spiro atoms. The normalized spacial score (nSPS) is 12.1. The molecule has 6 heteroatoms. The summed E-state index contributed by atoms with van der Waals surface area (Å²) >= 11 is 0. The third-order valence-electron chi connectivity index (χ3n) is 4.75. The highest BCUT2D eigenvalue weighted by Gasteiger charge is 2.27. The van der Waals surface area contributed by atoms with Crippen LogP contribution in [0.3, 0.4) is 0 Å². The van der Waals surface area contributed by atoms with Crippen LogP contribution in [0.5, 0.6) is 5.75 Å². The van der Waals surface area contributed by atoms with Gasteiger partial charge < -0.3 is 9.84 Å². The molecule has 1 heterocycles. The number of phenols is 1. The summed E-state index contributed by atoms with van der Waals surface area (Å²) in [5, 5.41) is 10.5. The van der Waals surface area contributed by atoms with Crippen molar-refractivity contribution in [2.24, 2.45) is 0 Å². The molecule has 2 aromatic carbocycles. The number of aromatic nitrogens is 1. The Balaban J connectivity index is 2.18. The standard InChI is InChI=1S/C22H22FNO4/c1-4-10-28-22(27)13(2)20-14(3)24(19-9-8-17(25)12-18(19)20)21(26)15-6-5-7-16(23)11-15/h5-9,11-13,25H,4,10H2,1-3H3. The molecule has 146 valence electrons. The number of benzene rings is 2. The molecule has 0 bridgehead atoms. The number of carbonyl (C=O) groups is 2. The molecule has 0 radical (unpaired) electrons. The minimum absolute atomic E-state index is 0.0261. The van der Waals surface area contributed by atoms with E-state index in [4.69, 9.17) is 4.74 Å². The highest BCUT2D eigenvalue weighted by molar-refractivity contribution is 6.05. The minimum Gasteiger partial charge on any atom is -0.508 e. The predicted octanol–water partition coefficient (Wildman–Crippen LogP) is 4.54. The number of aromatic hydroxyl groups is 1. The number of esters is 1. The van der Waals surface area contributed by atoms with Gasteiger partial charge in [0.1, 0.15) is 11.6 Å². The van der Waals surface area contributed by atoms with Gasteiger partial charge in [-0.1, -0.05) is 13.0 Å². The lowest BCUT2D eigenvalue weighted by atomic mass is 9.98. The van der Waals surface area contributed by atoms with E-state index in [2.05, 4.69) is 0 Å². The Hall–Kier alpha value is -3.15. The molecule has 3 rings (SSSR count). The highest BCUT2D eigenvalue weighted by atomic mass is 19.1. The van der Waals surface area contributed by atoms with Crippen molar-refractivity contribution in [3.63, 3.8) is 0 Å². The van der Waals surface area contributed by atoms with Crippen molar-refractivity contribution in [2.75, 3.05) is 6.61 Å². The van der Waals surface area contributed by atoms with E-state index >= 15 is 0 Å². The van der Waals surface area contributed by atoms with Gasteiger partial charge in [-0.25, -0.2) is 4.39 Å². The third kappa shape index (κ3) is 3.50. The van der Waals surface area contributed by atoms with Crippen molar-refractivity contribution in [1.29, 1.82) is 0 Å². The van der Waals surface area contributed by atoms with E-state index in [0.29, 0.717) is 35.2 Å². The molecule has 28 heavy (non-hydrogen) atoms. The zero-order valence-corrected chi connectivity index (χ0v) is 16.0. The second kappa shape index (κ2) is 7.84. The maximum absolute atomic E-state index is 13.6. The van der Waals surface area contributed by atoms with Gasteiger partial charge in [-0.3, -0.25) is 14.2 Å². The summed E-state index contributed by atoms with van der Waals surface area (Å²) in [4.78, 5) is 25.6. The molecular weight excluding hydrogens is 361 g/mol. The summed E-state index contributed by atoms with van der Waals surface area (Å²) in [6.45, 7) is 5.66. The van der Waals surface area contributed by atoms with Crippen molar-refractivity contribution in [2.45, 2.75) is 33.1 Å². The largest absolute Gasteiger partial charge is 0.508 e. The smallest absolute Gasteiger partial charge is 0.313 e. The molecular formula is C22H22FNO4. The highest BCUT2D eigenvalue weighted by Crippen LogP contribution is 2.35. The molecule has 3 aromatic rings. The number of ether oxygens (including phenoxy) is 1. The molecule has 0 aliphatic heterocycles. The van der Waals surface area contributed by atoms with Crippen LogP contribution in [0.4, 0.5) is 4.39 Å². The zero-order valence-electron chi connectivity index (χ0n) is 16.0. The van der Waals surface area contributed by atoms with Gasteiger partial charge >= 0.3 is 5.97 Å². The van der Waals surface area contributed by atoms with Crippen LogP contribution in [0.1, 0.15) is 47.8 Å². The fourth-order valence-electron chi connectivity index (χ4n) is 3.44. The summed E-state index contributed by atoms with van der Waals surface area (Å²) in [7, 11) is 0. The molecule has 1 unspecified atom stereocenters. The predicted molar refractivity (Wildman–Crippen MR) is 104 cm³/mol. The molecule has 0 saturated heterocycles. The van der Waals surface area contributed by atoms with Crippen molar-refractivity contribution in [3.05, 3.63) is 65.1 Å². The first-order valence-corrected chi connectivity index (χ1v) is 9.16. The van der Waals surface area contributed by atoms with Crippen LogP contribution >= 0.6 is 0 Å². The number of halogens is 1. The Morgan fingerprint density at radius 2 is 1.96 bits per heavy atom. The second-order valence-corrected chi connectivity index (χ2v) is 6.74. The van der Waals surface area contributed by atoms with Crippen molar-refractivity contribution in [3.8, 4) is 5.75 Å². The summed E-state index contributed by atoms with van der Waals surface area (Å²) in [5.74, 6) is -1.91. The van der Waals surface area contributed by atoms with Crippen molar-refractivity contribution in [1.82, 2.24) is 4.57 Å². The fraction of sp³-hybridized carbons (Fsp3) is 0.273. The van der Waals surface area contributed by atoms with Crippen LogP contribution in [-0.2, 0) is 9.53 Å². The molecule has 5 nitrogen and oxygen atoms in total. The molecule has 0 fully saturated rings. The molecule has 0 aliphatic rings. The van der Waals surface area contributed by atoms with E-state index in [-0.39, 0.29) is 11.3 Å². The summed E-state index contributed by atoms with van der Waals surface area (Å²) in [6.07, 6.45) is 0.706. The van der Waals surface area contributed by atoms with Crippen LogP contribution in [0.25, 0.3) is 10.9 Å². The van der Waals surface area contributed by atoms with Crippen LogP contribution in [0, 0.1) is 12.7 Å². The number of rotatable bonds is 5. The molecule has 1 aromatic heterocycles. The Bertz CT molecular complexity index is 1050. The first-order chi connectivity index (χ1) is 13.3. The van der Waals surface area contributed by atoms with Crippen LogP contribution in [0.15, 0.2) is 42.5 Å². The molecule has 0 saturated carbocycles. The van der Waals surface area contributed by atoms with E-state index in [1.165, 1.54) is 41.0 Å². The van der Waals surface area contributed by atoms with Crippen molar-refractivity contribution < 1.29 is 23.8 Å². The molecule has 1 N–H and O–H groups in total. The van der Waals surface area contributed by atoms with Gasteiger partial charge in [0.25, 0.3) is 5.91 Å². The number of carbonyl (C=O) groups excluding carboxylic acids is 2. The van der Waals surface area contributed by atoms with E-state index in [9.17, 15) is 19.1 Å². The van der Waals surface area contributed by atoms with Crippen molar-refractivity contribution >= 4 is 22.8 Å². The summed E-state index contributed by atoms with van der Waals surface area (Å²) in [6, 6.07) is 10.1. The van der Waals surface area contributed by atoms with Gasteiger partial charge in [-0.2, -0.15) is 0 Å². The first kappa shape index (κ1) is 19.6. The number of hydrogen-bond acceptors (Lipinski definition) is 4. The first-order valence-electron chi connectivity index (χ1n) is 9.16. The number of nitrogens with zero attached hydrogens (tertiary/aromatic N) is 1. The summed E-state index contributed by atoms with van der Waals surface area (Å²) < 4.78 is 20.3. The maximum atomic E-state index is 13.6. The van der Waals surface area contributed by atoms with Crippen LogP contribution in [0.2, 0.25) is 0 Å². The van der Waals surface area contributed by atoms with Gasteiger partial charge in [-0.05, 0) is 62.2 Å². The maximum Gasteiger partial charge on any atom is 0.313 e. The van der Waals surface area contributed by atoms with Gasteiger partial charge in [0.15, 0.2) is 0 Å². The molecule has 0 aliphatic carbocycles.